The van der Waals surface area contributed by atoms with Crippen molar-refractivity contribution in [3.8, 4) is 0 Å². The number of rotatable bonds is 6. The Morgan fingerprint density at radius 1 is 1.33 bits per heavy atom. The summed E-state index contributed by atoms with van der Waals surface area (Å²) in [4.78, 5) is 6.71. The summed E-state index contributed by atoms with van der Waals surface area (Å²) in [5, 5.41) is 11.9. The Balaban J connectivity index is 3.20. The van der Waals surface area contributed by atoms with Gasteiger partial charge in [-0.2, -0.15) is 0 Å². The van der Waals surface area contributed by atoms with Crippen molar-refractivity contribution in [2.24, 2.45) is 10.9 Å². The minimum Gasteiger partial charge on any atom is -0.409 e. The van der Waals surface area contributed by atoms with Gasteiger partial charge in [0.15, 0.2) is 5.84 Å². The monoisotopic (exact) mass is 250 g/mol. The van der Waals surface area contributed by atoms with Gasteiger partial charge in [0, 0.05) is 18.8 Å². The summed E-state index contributed by atoms with van der Waals surface area (Å²) in [6.07, 6.45) is 2.07. The van der Waals surface area contributed by atoms with E-state index in [-0.39, 0.29) is 5.84 Å². The summed E-state index contributed by atoms with van der Waals surface area (Å²) in [5.74, 6) is 0.906. The third-order valence-corrected chi connectivity index (χ3v) is 2.68. The number of nitrogens with two attached hydrogens (primary N) is 1. The Hall–Kier alpha value is -1.78. The molecule has 0 saturated carbocycles. The highest BCUT2D eigenvalue weighted by atomic mass is 16.4. The maximum Gasteiger partial charge on any atom is 0.173 e. The lowest BCUT2D eigenvalue weighted by molar-refractivity contribution is 0.318. The summed E-state index contributed by atoms with van der Waals surface area (Å²) in [5.41, 5.74) is 7.32. The Morgan fingerprint density at radius 2 is 1.94 bits per heavy atom. The molecular weight excluding hydrogens is 228 g/mol. The van der Waals surface area contributed by atoms with Gasteiger partial charge in [-0.3, -0.25) is 0 Å². The van der Waals surface area contributed by atoms with Crippen LogP contribution >= 0.6 is 0 Å². The van der Waals surface area contributed by atoms with Gasteiger partial charge >= 0.3 is 0 Å². The molecule has 1 aromatic rings. The number of aryl methyl sites for hydroxylation is 1. The van der Waals surface area contributed by atoms with Crippen LogP contribution in [0.15, 0.2) is 17.3 Å². The molecule has 1 rings (SSSR count). The largest absolute Gasteiger partial charge is 0.409 e. The van der Waals surface area contributed by atoms with Gasteiger partial charge in [0.1, 0.15) is 5.82 Å². The highest BCUT2D eigenvalue weighted by Crippen LogP contribution is 2.19. The molecule has 0 fully saturated rings. The SMILES string of the molecule is CCCN(CCC)c1nc(C)ccc1C(N)=NO. The third-order valence-electron chi connectivity index (χ3n) is 2.68. The average molecular weight is 250 g/mol. The highest BCUT2D eigenvalue weighted by Gasteiger charge is 2.14. The van der Waals surface area contributed by atoms with E-state index in [4.69, 9.17) is 10.9 Å². The molecule has 5 nitrogen and oxygen atoms in total. The number of aromatic nitrogens is 1. The van der Waals surface area contributed by atoms with Crippen molar-refractivity contribution in [3.05, 3.63) is 23.4 Å². The Labute approximate surface area is 108 Å². The first kappa shape index (κ1) is 14.3. The molecule has 18 heavy (non-hydrogen) atoms. The first-order valence-corrected chi connectivity index (χ1v) is 6.34. The van der Waals surface area contributed by atoms with Crippen LogP contribution in [0, 0.1) is 6.92 Å². The van der Waals surface area contributed by atoms with Gasteiger partial charge in [-0.25, -0.2) is 4.98 Å². The van der Waals surface area contributed by atoms with Gasteiger partial charge in [-0.15, -0.1) is 0 Å². The Morgan fingerprint density at radius 3 is 2.44 bits per heavy atom. The molecule has 0 bridgehead atoms. The van der Waals surface area contributed by atoms with Gasteiger partial charge < -0.3 is 15.8 Å². The van der Waals surface area contributed by atoms with E-state index in [9.17, 15) is 0 Å². The fourth-order valence-electron chi connectivity index (χ4n) is 1.90. The minimum atomic E-state index is 0.106. The first-order chi connectivity index (χ1) is 8.63. The molecule has 0 aliphatic carbocycles. The maximum atomic E-state index is 8.84. The molecule has 5 heteroatoms. The number of nitrogens with zero attached hydrogens (tertiary/aromatic N) is 3. The van der Waals surface area contributed by atoms with Gasteiger partial charge in [0.25, 0.3) is 0 Å². The van der Waals surface area contributed by atoms with Crippen molar-refractivity contribution in [2.75, 3.05) is 18.0 Å². The summed E-state index contributed by atoms with van der Waals surface area (Å²) in [6, 6.07) is 3.72. The molecule has 3 N–H and O–H groups in total. The second kappa shape index (κ2) is 6.83. The van der Waals surface area contributed by atoms with Crippen molar-refractivity contribution < 1.29 is 5.21 Å². The molecule has 0 spiro atoms. The topological polar surface area (TPSA) is 74.7 Å². The fourth-order valence-corrected chi connectivity index (χ4v) is 1.90. The Bertz CT molecular complexity index is 411. The zero-order valence-electron chi connectivity index (χ0n) is 11.3. The molecule has 1 aromatic heterocycles. The highest BCUT2D eigenvalue weighted by molar-refractivity contribution is 6.01. The lowest BCUT2D eigenvalue weighted by atomic mass is 10.2. The normalized spacial score (nSPS) is 11.6. The van der Waals surface area contributed by atoms with Crippen LogP contribution < -0.4 is 10.6 Å². The van der Waals surface area contributed by atoms with E-state index >= 15 is 0 Å². The van der Waals surface area contributed by atoms with Crippen molar-refractivity contribution in [1.82, 2.24) is 4.98 Å². The molecule has 0 aliphatic heterocycles. The number of oxime groups is 1. The molecule has 0 unspecified atom stereocenters. The van der Waals surface area contributed by atoms with Crippen LogP contribution in [0.5, 0.6) is 0 Å². The van der Waals surface area contributed by atoms with Crippen LogP contribution in [0.25, 0.3) is 0 Å². The van der Waals surface area contributed by atoms with Crippen molar-refractivity contribution in [2.45, 2.75) is 33.6 Å². The van der Waals surface area contributed by atoms with E-state index < -0.39 is 0 Å². The van der Waals surface area contributed by atoms with Gasteiger partial charge in [0.05, 0.1) is 5.56 Å². The number of amidine groups is 1. The average Bonchev–Trinajstić information content (AvgIpc) is 2.37. The standard InChI is InChI=1S/C13H22N4O/c1-4-8-17(9-5-2)13-11(12(14)16-18)7-6-10(3)15-13/h6-7,18H,4-5,8-9H2,1-3H3,(H2,14,16). The summed E-state index contributed by atoms with van der Waals surface area (Å²) >= 11 is 0. The molecule has 0 atom stereocenters. The number of hydrogen-bond acceptors (Lipinski definition) is 4. The molecule has 0 radical (unpaired) electrons. The van der Waals surface area contributed by atoms with Crippen LogP contribution in [0.3, 0.4) is 0 Å². The van der Waals surface area contributed by atoms with E-state index in [1.807, 2.05) is 19.1 Å². The predicted octanol–water partition coefficient (Wildman–Crippen LogP) is 2.11. The third kappa shape index (κ3) is 3.35. The quantitative estimate of drug-likeness (QED) is 0.351. The van der Waals surface area contributed by atoms with E-state index in [0.717, 1.165) is 37.4 Å². The van der Waals surface area contributed by atoms with Crippen molar-refractivity contribution >= 4 is 11.7 Å². The molecule has 0 aromatic carbocycles. The zero-order valence-corrected chi connectivity index (χ0v) is 11.3. The molecule has 0 saturated heterocycles. The summed E-state index contributed by atoms with van der Waals surface area (Å²) in [6.45, 7) is 8.02. The van der Waals surface area contributed by atoms with Gasteiger partial charge in [0.2, 0.25) is 0 Å². The zero-order chi connectivity index (χ0) is 13.5. The second-order valence-corrected chi connectivity index (χ2v) is 4.30. The Kier molecular flexibility index (Phi) is 5.42. The van der Waals surface area contributed by atoms with E-state index in [2.05, 4.69) is 28.9 Å². The van der Waals surface area contributed by atoms with E-state index in [0.29, 0.717) is 5.56 Å². The number of pyridine rings is 1. The second-order valence-electron chi connectivity index (χ2n) is 4.30. The summed E-state index contributed by atoms with van der Waals surface area (Å²) < 4.78 is 0. The molecule has 100 valence electrons. The summed E-state index contributed by atoms with van der Waals surface area (Å²) in [7, 11) is 0. The predicted molar refractivity (Wildman–Crippen MR) is 74.3 cm³/mol. The number of anilines is 1. The molecule has 1 heterocycles. The van der Waals surface area contributed by atoms with Crippen LogP contribution in [-0.2, 0) is 0 Å². The van der Waals surface area contributed by atoms with Gasteiger partial charge in [-0.05, 0) is 31.9 Å². The minimum absolute atomic E-state index is 0.106. The maximum absolute atomic E-state index is 8.84. The van der Waals surface area contributed by atoms with Crippen LogP contribution in [-0.4, -0.2) is 29.1 Å². The van der Waals surface area contributed by atoms with Gasteiger partial charge in [-0.1, -0.05) is 19.0 Å². The molecule has 0 amide bonds. The van der Waals surface area contributed by atoms with Crippen LogP contribution in [0.4, 0.5) is 5.82 Å². The fraction of sp³-hybridized carbons (Fsp3) is 0.538. The first-order valence-electron chi connectivity index (χ1n) is 6.34. The number of hydrogen-bond donors (Lipinski definition) is 2. The van der Waals surface area contributed by atoms with E-state index in [1.54, 1.807) is 0 Å². The molecular formula is C13H22N4O. The molecule has 0 aliphatic rings. The lowest BCUT2D eigenvalue weighted by Gasteiger charge is -2.25. The van der Waals surface area contributed by atoms with E-state index in [1.165, 1.54) is 0 Å². The van der Waals surface area contributed by atoms with Crippen LogP contribution in [0.2, 0.25) is 0 Å². The lowest BCUT2D eigenvalue weighted by Crippen LogP contribution is -2.29. The van der Waals surface area contributed by atoms with Crippen LogP contribution in [0.1, 0.15) is 37.9 Å². The van der Waals surface area contributed by atoms with Crippen molar-refractivity contribution in [1.29, 1.82) is 0 Å². The smallest absolute Gasteiger partial charge is 0.173 e. The van der Waals surface area contributed by atoms with Crippen molar-refractivity contribution in [3.63, 3.8) is 0 Å².